The van der Waals surface area contributed by atoms with Crippen molar-refractivity contribution in [2.75, 3.05) is 13.2 Å². The third-order valence-electron chi connectivity index (χ3n) is 5.24. The largest absolute Gasteiger partial charge is 0.486 e. The Balaban J connectivity index is 1.27. The summed E-state index contributed by atoms with van der Waals surface area (Å²) in [5.41, 5.74) is 2.63. The SMILES string of the molecule is O=C(Cc1ccc2c(c1)OCCO2)OCc1cc(F)cc2c1OC(c1ccccc1)OC2. The molecule has 3 aromatic rings. The van der Waals surface area contributed by atoms with Gasteiger partial charge in [0.15, 0.2) is 11.5 Å². The highest BCUT2D eigenvalue weighted by atomic mass is 19.1. The number of hydrogen-bond acceptors (Lipinski definition) is 6. The maximum atomic E-state index is 14.1. The van der Waals surface area contributed by atoms with E-state index >= 15 is 0 Å². The first-order chi connectivity index (χ1) is 15.7. The molecule has 0 aromatic heterocycles. The van der Waals surface area contributed by atoms with Crippen LogP contribution in [0.25, 0.3) is 0 Å². The van der Waals surface area contributed by atoms with E-state index in [1.807, 2.05) is 30.3 Å². The minimum absolute atomic E-state index is 0.0603. The van der Waals surface area contributed by atoms with Crippen molar-refractivity contribution in [1.82, 2.24) is 0 Å². The summed E-state index contributed by atoms with van der Waals surface area (Å²) in [4.78, 5) is 12.4. The molecule has 0 fully saturated rings. The summed E-state index contributed by atoms with van der Waals surface area (Å²) < 4.78 is 42.3. The first kappa shape index (κ1) is 20.3. The number of esters is 1. The summed E-state index contributed by atoms with van der Waals surface area (Å²) in [6, 6.07) is 17.5. The van der Waals surface area contributed by atoms with Crippen LogP contribution in [0.1, 0.15) is 28.5 Å². The van der Waals surface area contributed by atoms with Gasteiger partial charge >= 0.3 is 5.97 Å². The van der Waals surface area contributed by atoms with E-state index in [0.29, 0.717) is 41.6 Å². The molecule has 2 aliphatic heterocycles. The Morgan fingerprint density at radius 1 is 1.00 bits per heavy atom. The van der Waals surface area contributed by atoms with Crippen LogP contribution < -0.4 is 14.2 Å². The predicted octanol–water partition coefficient (Wildman–Crippen LogP) is 4.49. The fraction of sp³-hybridized carbons (Fsp3) is 0.240. The summed E-state index contributed by atoms with van der Waals surface area (Å²) in [7, 11) is 0. The Bertz CT molecular complexity index is 1130. The average Bonchev–Trinajstić information content (AvgIpc) is 2.82. The molecule has 2 aliphatic rings. The van der Waals surface area contributed by atoms with Gasteiger partial charge in [0.25, 0.3) is 0 Å². The van der Waals surface area contributed by atoms with Crippen molar-refractivity contribution in [1.29, 1.82) is 0 Å². The fourth-order valence-corrected chi connectivity index (χ4v) is 3.73. The van der Waals surface area contributed by atoms with Crippen LogP contribution in [0, 0.1) is 5.82 Å². The highest BCUT2D eigenvalue weighted by Crippen LogP contribution is 2.37. The minimum atomic E-state index is -0.610. The van der Waals surface area contributed by atoms with Crippen LogP contribution in [-0.2, 0) is 33.9 Å². The Labute approximate surface area is 184 Å². The number of carbonyl (C=O) groups excluding carboxylic acids is 1. The molecule has 0 saturated heterocycles. The smallest absolute Gasteiger partial charge is 0.310 e. The van der Waals surface area contributed by atoms with Crippen LogP contribution in [-0.4, -0.2) is 19.2 Å². The summed E-state index contributed by atoms with van der Waals surface area (Å²) in [5, 5.41) is 0. The van der Waals surface area contributed by atoms with Crippen LogP contribution >= 0.6 is 0 Å². The Morgan fingerprint density at radius 2 is 1.81 bits per heavy atom. The zero-order valence-electron chi connectivity index (χ0n) is 17.2. The Morgan fingerprint density at radius 3 is 2.66 bits per heavy atom. The van der Waals surface area contributed by atoms with Gasteiger partial charge in [-0.25, -0.2) is 4.39 Å². The molecule has 0 bridgehead atoms. The lowest BCUT2D eigenvalue weighted by Gasteiger charge is -2.28. The molecule has 0 radical (unpaired) electrons. The molecule has 6 nitrogen and oxygen atoms in total. The van der Waals surface area contributed by atoms with E-state index in [4.69, 9.17) is 23.7 Å². The molecular weight excluding hydrogens is 415 g/mol. The molecule has 0 saturated carbocycles. The van der Waals surface area contributed by atoms with Crippen LogP contribution in [0.4, 0.5) is 4.39 Å². The lowest BCUT2D eigenvalue weighted by Crippen LogP contribution is -2.20. The van der Waals surface area contributed by atoms with Gasteiger partial charge in [0.05, 0.1) is 13.0 Å². The molecule has 164 valence electrons. The number of hydrogen-bond donors (Lipinski definition) is 0. The van der Waals surface area contributed by atoms with E-state index < -0.39 is 18.1 Å². The molecule has 5 rings (SSSR count). The summed E-state index contributed by atoms with van der Waals surface area (Å²) in [6.45, 7) is 1.07. The molecule has 1 atom stereocenters. The normalized spacial score (nSPS) is 16.6. The number of benzene rings is 3. The molecule has 1 unspecified atom stereocenters. The lowest BCUT2D eigenvalue weighted by molar-refractivity contribution is -0.144. The monoisotopic (exact) mass is 436 g/mol. The van der Waals surface area contributed by atoms with Crippen LogP contribution in [0.5, 0.6) is 17.2 Å². The van der Waals surface area contributed by atoms with E-state index in [9.17, 15) is 9.18 Å². The van der Waals surface area contributed by atoms with Crippen molar-refractivity contribution in [3.8, 4) is 17.2 Å². The second-order valence-corrected chi connectivity index (χ2v) is 7.54. The molecule has 0 N–H and O–H groups in total. The number of carbonyl (C=O) groups is 1. The van der Waals surface area contributed by atoms with Crippen molar-refractivity contribution in [3.05, 3.63) is 88.7 Å². The molecule has 0 aliphatic carbocycles. The highest BCUT2D eigenvalue weighted by Gasteiger charge is 2.25. The van der Waals surface area contributed by atoms with Gasteiger partial charge < -0.3 is 23.7 Å². The number of halogens is 1. The molecule has 7 heteroatoms. The van der Waals surface area contributed by atoms with Gasteiger partial charge in [0, 0.05) is 16.7 Å². The quantitative estimate of drug-likeness (QED) is 0.549. The molecular formula is C25H21FO6. The Hall–Kier alpha value is -3.58. The van der Waals surface area contributed by atoms with Crippen molar-refractivity contribution < 1.29 is 32.9 Å². The second kappa shape index (κ2) is 8.88. The zero-order valence-corrected chi connectivity index (χ0v) is 17.2. The topological polar surface area (TPSA) is 63.2 Å². The Kier molecular flexibility index (Phi) is 5.64. The summed E-state index contributed by atoms with van der Waals surface area (Å²) >= 11 is 0. The van der Waals surface area contributed by atoms with Crippen LogP contribution in [0.3, 0.4) is 0 Å². The standard InChI is InChI=1S/C25H21FO6/c26-20-12-18(24-19(13-20)15-31-25(32-24)17-4-2-1-3-5-17)14-30-23(27)11-16-6-7-21-22(10-16)29-9-8-28-21/h1-7,10,12-13,25H,8-9,11,14-15H2. The van der Waals surface area contributed by atoms with Crippen LogP contribution in [0.2, 0.25) is 0 Å². The van der Waals surface area contributed by atoms with Gasteiger partial charge in [-0.3, -0.25) is 4.79 Å². The second-order valence-electron chi connectivity index (χ2n) is 7.54. The first-order valence-corrected chi connectivity index (χ1v) is 10.3. The van der Waals surface area contributed by atoms with Gasteiger partial charge in [0.1, 0.15) is 31.4 Å². The number of fused-ring (bicyclic) bond motifs is 2. The summed E-state index contributed by atoms with van der Waals surface area (Å²) in [6.07, 6.45) is -0.550. The third-order valence-corrected chi connectivity index (χ3v) is 5.24. The van der Waals surface area contributed by atoms with Crippen molar-refractivity contribution in [2.45, 2.75) is 25.9 Å². The van der Waals surface area contributed by atoms with E-state index in [2.05, 4.69) is 0 Å². The minimum Gasteiger partial charge on any atom is -0.486 e. The highest BCUT2D eigenvalue weighted by molar-refractivity contribution is 5.73. The van der Waals surface area contributed by atoms with E-state index in [-0.39, 0.29) is 19.6 Å². The average molecular weight is 436 g/mol. The maximum Gasteiger partial charge on any atom is 0.310 e. The van der Waals surface area contributed by atoms with Gasteiger partial charge in [-0.1, -0.05) is 36.4 Å². The van der Waals surface area contributed by atoms with Crippen molar-refractivity contribution >= 4 is 5.97 Å². The van der Waals surface area contributed by atoms with Gasteiger partial charge in [-0.2, -0.15) is 0 Å². The summed E-state index contributed by atoms with van der Waals surface area (Å²) in [5.74, 6) is 0.880. The number of rotatable bonds is 5. The maximum absolute atomic E-state index is 14.1. The van der Waals surface area contributed by atoms with Crippen molar-refractivity contribution in [3.63, 3.8) is 0 Å². The fourth-order valence-electron chi connectivity index (χ4n) is 3.73. The first-order valence-electron chi connectivity index (χ1n) is 10.3. The lowest BCUT2D eigenvalue weighted by atomic mass is 10.1. The predicted molar refractivity (Wildman–Crippen MR) is 112 cm³/mol. The van der Waals surface area contributed by atoms with Crippen molar-refractivity contribution in [2.24, 2.45) is 0 Å². The van der Waals surface area contributed by atoms with Crippen LogP contribution in [0.15, 0.2) is 60.7 Å². The van der Waals surface area contributed by atoms with E-state index in [0.717, 1.165) is 11.1 Å². The zero-order chi connectivity index (χ0) is 21.9. The number of ether oxygens (including phenoxy) is 5. The third kappa shape index (κ3) is 4.38. The van der Waals surface area contributed by atoms with E-state index in [1.54, 1.807) is 18.2 Å². The van der Waals surface area contributed by atoms with Gasteiger partial charge in [0.2, 0.25) is 6.29 Å². The molecule has 0 spiro atoms. The van der Waals surface area contributed by atoms with Gasteiger partial charge in [-0.05, 0) is 29.8 Å². The molecule has 32 heavy (non-hydrogen) atoms. The molecule has 3 aromatic carbocycles. The molecule has 2 heterocycles. The van der Waals surface area contributed by atoms with Gasteiger partial charge in [-0.15, -0.1) is 0 Å². The van der Waals surface area contributed by atoms with E-state index in [1.165, 1.54) is 12.1 Å². The molecule has 0 amide bonds.